The van der Waals surface area contributed by atoms with E-state index in [1.54, 1.807) is 37.7 Å². The van der Waals surface area contributed by atoms with Crippen LogP contribution in [0.2, 0.25) is 0 Å². The minimum Gasteiger partial charge on any atom is -0.490 e. The number of nitriles is 2. The van der Waals surface area contributed by atoms with E-state index in [1.807, 2.05) is 13.0 Å². The van der Waals surface area contributed by atoms with Crippen molar-refractivity contribution in [1.29, 1.82) is 10.5 Å². The molecular weight excluding hydrogens is 426 g/mol. The van der Waals surface area contributed by atoms with Gasteiger partial charge in [-0.15, -0.1) is 0 Å². The molecule has 0 unspecified atom stereocenters. The zero-order chi connectivity index (χ0) is 22.8. The van der Waals surface area contributed by atoms with Gasteiger partial charge in [0.25, 0.3) is 0 Å². The molecule has 0 aliphatic heterocycles. The van der Waals surface area contributed by atoms with Gasteiger partial charge in [-0.2, -0.15) is 20.7 Å². The van der Waals surface area contributed by atoms with Crippen molar-refractivity contribution in [2.45, 2.75) is 17.7 Å². The first kappa shape index (κ1) is 22.9. The highest BCUT2D eigenvalue weighted by Gasteiger charge is 2.22. The maximum absolute atomic E-state index is 9.97. The molecule has 3 aromatic rings. The molecule has 0 saturated carbocycles. The van der Waals surface area contributed by atoms with Crippen LogP contribution >= 0.6 is 11.8 Å². The normalized spacial score (nSPS) is 10.2. The van der Waals surface area contributed by atoms with E-state index in [-0.39, 0.29) is 11.1 Å². The van der Waals surface area contributed by atoms with Crippen molar-refractivity contribution in [2.24, 2.45) is 0 Å². The highest BCUT2D eigenvalue weighted by Crippen LogP contribution is 2.36. The minimum atomic E-state index is 0.271. The van der Waals surface area contributed by atoms with Crippen molar-refractivity contribution in [3.8, 4) is 29.1 Å². The predicted molar refractivity (Wildman–Crippen MR) is 120 cm³/mol. The molecule has 0 saturated heterocycles. The molecule has 0 fully saturated rings. The Kier molecular flexibility index (Phi) is 8.32. The molecule has 3 rings (SSSR count). The van der Waals surface area contributed by atoms with Gasteiger partial charge in [0.1, 0.15) is 40.9 Å². The summed E-state index contributed by atoms with van der Waals surface area (Å²) in [7, 11) is 1.60. The van der Waals surface area contributed by atoms with Crippen LogP contribution in [0, 0.1) is 22.7 Å². The maximum atomic E-state index is 9.97. The van der Waals surface area contributed by atoms with Crippen LogP contribution in [0.5, 0.6) is 5.75 Å². The van der Waals surface area contributed by atoms with E-state index in [0.29, 0.717) is 53.4 Å². The SMILES string of the molecule is CCNc1nc(SCc2cccnn2)c(C#N)c(-c2ccc(OCCOC)cn2)c1C#N. The monoisotopic (exact) mass is 447 g/mol. The lowest BCUT2D eigenvalue weighted by molar-refractivity contribution is 0.146. The lowest BCUT2D eigenvalue weighted by atomic mass is 10.0. The van der Waals surface area contributed by atoms with E-state index in [1.165, 1.54) is 11.8 Å². The number of hydrogen-bond donors (Lipinski definition) is 1. The Bertz CT molecular complexity index is 1130. The molecular formula is C22H21N7O2S. The van der Waals surface area contributed by atoms with E-state index in [9.17, 15) is 10.5 Å². The number of nitrogens with zero attached hydrogens (tertiary/aromatic N) is 6. The molecule has 0 aromatic carbocycles. The zero-order valence-corrected chi connectivity index (χ0v) is 18.5. The van der Waals surface area contributed by atoms with Crippen LogP contribution in [-0.2, 0) is 10.5 Å². The van der Waals surface area contributed by atoms with Gasteiger partial charge in [0.2, 0.25) is 0 Å². The Balaban J connectivity index is 2.03. The zero-order valence-electron chi connectivity index (χ0n) is 17.7. The summed E-state index contributed by atoms with van der Waals surface area (Å²) in [5.74, 6) is 1.46. The number of rotatable bonds is 10. The van der Waals surface area contributed by atoms with E-state index in [2.05, 4.69) is 37.6 Å². The number of ether oxygens (including phenoxy) is 2. The van der Waals surface area contributed by atoms with E-state index in [4.69, 9.17) is 9.47 Å². The third-order valence-electron chi connectivity index (χ3n) is 4.26. The molecule has 0 spiro atoms. The Morgan fingerprint density at radius 3 is 2.59 bits per heavy atom. The van der Waals surface area contributed by atoms with E-state index < -0.39 is 0 Å². The summed E-state index contributed by atoms with van der Waals surface area (Å²) in [4.78, 5) is 9.02. The van der Waals surface area contributed by atoms with Crippen molar-refractivity contribution in [3.05, 3.63) is 53.5 Å². The van der Waals surface area contributed by atoms with E-state index >= 15 is 0 Å². The molecule has 32 heavy (non-hydrogen) atoms. The minimum absolute atomic E-state index is 0.271. The number of nitrogens with one attached hydrogen (secondary N) is 1. The fourth-order valence-electron chi connectivity index (χ4n) is 2.84. The Morgan fingerprint density at radius 2 is 1.97 bits per heavy atom. The van der Waals surface area contributed by atoms with Crippen LogP contribution < -0.4 is 10.1 Å². The highest BCUT2D eigenvalue weighted by atomic mass is 32.2. The van der Waals surface area contributed by atoms with Gasteiger partial charge in [-0.25, -0.2) is 4.98 Å². The lowest BCUT2D eigenvalue weighted by Gasteiger charge is -2.15. The molecule has 10 heteroatoms. The molecule has 1 N–H and O–H groups in total. The quantitative estimate of drug-likeness (QED) is 0.364. The summed E-state index contributed by atoms with van der Waals surface area (Å²) in [5.41, 5.74) is 2.24. The fraction of sp³-hybridized carbons (Fsp3) is 0.273. The number of anilines is 1. The molecule has 3 aromatic heterocycles. The second-order valence-electron chi connectivity index (χ2n) is 6.37. The summed E-state index contributed by atoms with van der Waals surface area (Å²) in [6, 6.07) is 11.5. The van der Waals surface area contributed by atoms with E-state index in [0.717, 1.165) is 5.69 Å². The molecule has 162 valence electrons. The molecule has 0 aliphatic carbocycles. The number of methoxy groups -OCH3 is 1. The fourth-order valence-corrected chi connectivity index (χ4v) is 3.73. The van der Waals surface area contributed by atoms with Gasteiger partial charge in [0, 0.05) is 31.2 Å². The number of aromatic nitrogens is 4. The molecule has 9 nitrogen and oxygen atoms in total. The maximum Gasteiger partial charge on any atom is 0.146 e. The summed E-state index contributed by atoms with van der Waals surface area (Å²) in [5, 5.41) is 31.4. The highest BCUT2D eigenvalue weighted by molar-refractivity contribution is 7.98. The summed E-state index contributed by atoms with van der Waals surface area (Å²) in [6.45, 7) is 3.34. The summed E-state index contributed by atoms with van der Waals surface area (Å²) < 4.78 is 10.5. The lowest BCUT2D eigenvalue weighted by Crippen LogP contribution is -2.08. The van der Waals surface area contributed by atoms with Gasteiger partial charge in [0.15, 0.2) is 0 Å². The third-order valence-corrected chi connectivity index (χ3v) is 5.27. The second-order valence-corrected chi connectivity index (χ2v) is 7.33. The van der Waals surface area contributed by atoms with Crippen molar-refractivity contribution >= 4 is 17.6 Å². The van der Waals surface area contributed by atoms with Crippen LogP contribution in [0.1, 0.15) is 23.7 Å². The average molecular weight is 448 g/mol. The molecule has 0 bridgehead atoms. The first-order chi connectivity index (χ1) is 15.7. The molecule has 0 radical (unpaired) electrons. The summed E-state index contributed by atoms with van der Waals surface area (Å²) >= 11 is 1.36. The van der Waals surface area contributed by atoms with Crippen molar-refractivity contribution < 1.29 is 9.47 Å². The van der Waals surface area contributed by atoms with Crippen LogP contribution in [0.25, 0.3) is 11.3 Å². The van der Waals surface area contributed by atoms with Crippen molar-refractivity contribution in [3.63, 3.8) is 0 Å². The Labute approximate surface area is 190 Å². The molecule has 3 heterocycles. The molecule has 0 amide bonds. The smallest absolute Gasteiger partial charge is 0.146 e. The molecule has 0 aliphatic rings. The first-order valence-electron chi connectivity index (χ1n) is 9.81. The standard InChI is InChI=1S/C22H21N7O2S/c1-3-25-21-17(11-23)20(19-7-6-16(13-26-19)31-10-9-30-2)18(12-24)22(28-21)32-14-15-5-4-8-27-29-15/h4-8,13H,3,9-10,14H2,1-2H3,(H,25,28). The predicted octanol–water partition coefficient (Wildman–Crippen LogP) is 3.43. The third kappa shape index (κ3) is 5.49. The Hall–Kier alpha value is -3.73. The largest absolute Gasteiger partial charge is 0.490 e. The van der Waals surface area contributed by atoms with Gasteiger partial charge in [-0.3, -0.25) is 4.98 Å². The van der Waals surface area contributed by atoms with Crippen molar-refractivity contribution in [2.75, 3.05) is 32.2 Å². The molecule has 0 atom stereocenters. The average Bonchev–Trinajstić information content (AvgIpc) is 2.83. The van der Waals surface area contributed by atoms with Gasteiger partial charge >= 0.3 is 0 Å². The Morgan fingerprint density at radius 1 is 1.12 bits per heavy atom. The topological polar surface area (TPSA) is 130 Å². The van der Waals surface area contributed by atoms with Crippen LogP contribution in [-0.4, -0.2) is 47.0 Å². The van der Waals surface area contributed by atoms with Gasteiger partial charge in [0.05, 0.1) is 29.8 Å². The van der Waals surface area contributed by atoms with Crippen LogP contribution in [0.3, 0.4) is 0 Å². The van der Waals surface area contributed by atoms with Gasteiger partial charge < -0.3 is 14.8 Å². The van der Waals surface area contributed by atoms with Crippen LogP contribution in [0.4, 0.5) is 5.82 Å². The second kappa shape index (κ2) is 11.6. The number of hydrogen-bond acceptors (Lipinski definition) is 10. The van der Waals surface area contributed by atoms with Crippen LogP contribution in [0.15, 0.2) is 41.7 Å². The van der Waals surface area contributed by atoms with Crippen molar-refractivity contribution in [1.82, 2.24) is 20.2 Å². The number of thioether (sulfide) groups is 1. The summed E-state index contributed by atoms with van der Waals surface area (Å²) in [6.07, 6.45) is 3.16. The first-order valence-corrected chi connectivity index (χ1v) is 10.8. The van der Waals surface area contributed by atoms with Gasteiger partial charge in [-0.1, -0.05) is 11.8 Å². The number of pyridine rings is 2. The van der Waals surface area contributed by atoms with Gasteiger partial charge in [-0.05, 0) is 31.2 Å².